The molecule has 0 aliphatic carbocycles. The minimum atomic E-state index is -0.686. The first-order chi connectivity index (χ1) is 27.0. The number of likely N-dealkylation sites (tertiary alicyclic amines) is 2. The predicted octanol–water partition coefficient (Wildman–Crippen LogP) is 5.94. The Morgan fingerprint density at radius 2 is 1.23 bits per heavy atom. The maximum absolute atomic E-state index is 13.8. The number of aromatic nitrogens is 6. The Bertz CT molecular complexity index is 2140. The number of nitrogen functional groups attached to an aromatic ring is 1. The smallest absolute Gasteiger partial charge is 0.407 e. The van der Waals surface area contributed by atoms with Gasteiger partial charge in [-0.1, -0.05) is 76.2 Å². The molecule has 16 nitrogen and oxygen atoms in total. The van der Waals surface area contributed by atoms with Gasteiger partial charge in [0.1, 0.15) is 23.7 Å². The second kappa shape index (κ2) is 16.3. The summed E-state index contributed by atoms with van der Waals surface area (Å²) >= 11 is 0. The minimum Gasteiger partial charge on any atom is -0.453 e. The van der Waals surface area contributed by atoms with Crippen LogP contribution in [0.4, 0.5) is 16.8 Å². The number of nitrogens with zero attached hydrogens (tertiary/aromatic N) is 6. The SMILES string of the molecule is COC(=O)N[C@H](C(=O)N1CCC[C@H]1c1ncc(-c2ccc(-c3ccc(-c4cnc([C@@H]5CCCN5C(=O)[C@@H](Nc5noc(N)n5)C(C)C)[nH]4)cc3)cc2)[nH]1)C(C)C. The molecule has 56 heavy (non-hydrogen) atoms. The summed E-state index contributed by atoms with van der Waals surface area (Å²) < 4.78 is 9.63. The van der Waals surface area contributed by atoms with Crippen LogP contribution in [-0.2, 0) is 14.3 Å². The Labute approximate surface area is 325 Å². The topological polar surface area (TPSA) is 213 Å². The highest BCUT2D eigenvalue weighted by molar-refractivity contribution is 5.87. The van der Waals surface area contributed by atoms with Crippen LogP contribution in [0.1, 0.15) is 77.1 Å². The highest BCUT2D eigenvalue weighted by Gasteiger charge is 2.39. The van der Waals surface area contributed by atoms with E-state index >= 15 is 0 Å². The van der Waals surface area contributed by atoms with E-state index in [1.54, 1.807) is 6.20 Å². The number of ether oxygens (including phenoxy) is 1. The molecule has 16 heteroatoms. The Kier molecular flexibility index (Phi) is 11.1. The van der Waals surface area contributed by atoms with Gasteiger partial charge >= 0.3 is 12.1 Å². The first kappa shape index (κ1) is 38.1. The predicted molar refractivity (Wildman–Crippen MR) is 210 cm³/mol. The second-order valence-corrected chi connectivity index (χ2v) is 15.1. The van der Waals surface area contributed by atoms with Gasteiger partial charge in [0.05, 0.1) is 43.0 Å². The Morgan fingerprint density at radius 1 is 0.768 bits per heavy atom. The summed E-state index contributed by atoms with van der Waals surface area (Å²) in [7, 11) is 1.29. The zero-order valence-electron chi connectivity index (χ0n) is 32.3. The minimum absolute atomic E-state index is 0.0295. The fourth-order valence-electron chi connectivity index (χ4n) is 7.62. The van der Waals surface area contributed by atoms with Gasteiger partial charge in [0.25, 0.3) is 5.95 Å². The number of alkyl carbamates (subject to hydrolysis) is 1. The number of hydrogen-bond donors (Lipinski definition) is 5. The van der Waals surface area contributed by atoms with Crippen molar-refractivity contribution in [2.45, 2.75) is 77.5 Å². The van der Waals surface area contributed by atoms with Gasteiger partial charge in [-0.3, -0.25) is 9.59 Å². The van der Waals surface area contributed by atoms with Crippen molar-refractivity contribution in [2.75, 3.05) is 31.2 Å². The van der Waals surface area contributed by atoms with Crippen molar-refractivity contribution in [2.24, 2.45) is 11.8 Å². The van der Waals surface area contributed by atoms with Crippen LogP contribution in [0.15, 0.2) is 65.4 Å². The van der Waals surface area contributed by atoms with E-state index in [-0.39, 0.29) is 47.7 Å². The molecule has 2 aromatic carbocycles. The van der Waals surface area contributed by atoms with E-state index in [1.807, 2.05) is 43.7 Å². The largest absolute Gasteiger partial charge is 0.453 e. The van der Waals surface area contributed by atoms with Crippen molar-refractivity contribution in [3.8, 4) is 33.6 Å². The van der Waals surface area contributed by atoms with Crippen LogP contribution in [0.5, 0.6) is 0 Å². The molecule has 0 unspecified atom stereocenters. The monoisotopic (exact) mass is 763 g/mol. The van der Waals surface area contributed by atoms with E-state index in [0.29, 0.717) is 13.1 Å². The lowest BCUT2D eigenvalue weighted by atomic mass is 10.0. The lowest BCUT2D eigenvalue weighted by Gasteiger charge is -2.30. The summed E-state index contributed by atoms with van der Waals surface area (Å²) in [4.78, 5) is 63.3. The third-order valence-corrected chi connectivity index (χ3v) is 10.7. The Morgan fingerprint density at radius 3 is 1.66 bits per heavy atom. The lowest BCUT2D eigenvalue weighted by Crippen LogP contribution is -2.51. The van der Waals surface area contributed by atoms with Crippen LogP contribution in [-0.4, -0.2) is 90.1 Å². The lowest BCUT2D eigenvalue weighted by molar-refractivity contribution is -0.135. The summed E-state index contributed by atoms with van der Waals surface area (Å²) in [6, 6.07) is 14.9. The van der Waals surface area contributed by atoms with Crippen LogP contribution in [0.2, 0.25) is 0 Å². The van der Waals surface area contributed by atoms with Gasteiger partial charge in [0.2, 0.25) is 11.8 Å². The molecule has 3 aromatic heterocycles. The molecule has 7 rings (SSSR count). The van der Waals surface area contributed by atoms with E-state index in [2.05, 4.69) is 84.3 Å². The number of aromatic amines is 2. The third kappa shape index (κ3) is 7.95. The molecule has 2 saturated heterocycles. The Balaban J connectivity index is 0.996. The molecule has 5 aromatic rings. The molecule has 3 amide bonds. The van der Waals surface area contributed by atoms with Crippen molar-refractivity contribution in [1.29, 1.82) is 0 Å². The number of hydrogen-bond acceptors (Lipinski definition) is 11. The maximum Gasteiger partial charge on any atom is 0.407 e. The highest BCUT2D eigenvalue weighted by atomic mass is 16.5. The van der Waals surface area contributed by atoms with Crippen molar-refractivity contribution >= 4 is 29.9 Å². The van der Waals surface area contributed by atoms with Crippen molar-refractivity contribution in [3.05, 3.63) is 72.6 Å². The van der Waals surface area contributed by atoms with Gasteiger partial charge in [-0.25, -0.2) is 14.8 Å². The molecule has 5 heterocycles. The number of methoxy groups -OCH3 is 1. The van der Waals surface area contributed by atoms with Crippen molar-refractivity contribution in [1.82, 2.24) is 45.2 Å². The fraction of sp³-hybridized carbons (Fsp3) is 0.425. The van der Waals surface area contributed by atoms with Crippen LogP contribution < -0.4 is 16.4 Å². The average molecular weight is 764 g/mol. The third-order valence-electron chi connectivity index (χ3n) is 10.7. The van der Waals surface area contributed by atoms with Gasteiger partial charge in [-0.05, 0) is 64.9 Å². The van der Waals surface area contributed by atoms with Gasteiger partial charge in [-0.2, -0.15) is 4.98 Å². The van der Waals surface area contributed by atoms with Crippen LogP contribution in [0, 0.1) is 11.8 Å². The number of nitrogens with one attached hydrogen (secondary N) is 4. The number of anilines is 2. The van der Waals surface area contributed by atoms with Crippen molar-refractivity contribution < 1.29 is 23.6 Å². The van der Waals surface area contributed by atoms with Crippen LogP contribution >= 0.6 is 0 Å². The number of carbonyl (C=O) groups excluding carboxylic acids is 3. The quantitative estimate of drug-likeness (QED) is 0.100. The van der Waals surface area contributed by atoms with Gasteiger partial charge in [-0.15, -0.1) is 0 Å². The summed E-state index contributed by atoms with van der Waals surface area (Å²) in [5.74, 6) is 1.34. The molecule has 6 N–H and O–H groups in total. The molecule has 0 spiro atoms. The van der Waals surface area contributed by atoms with E-state index in [4.69, 9.17) is 20.0 Å². The summed E-state index contributed by atoms with van der Waals surface area (Å²) in [5, 5.41) is 9.59. The second-order valence-electron chi connectivity index (χ2n) is 15.1. The average Bonchev–Trinajstić information content (AvgIpc) is 4.05. The summed E-state index contributed by atoms with van der Waals surface area (Å²) in [6.07, 6.45) is 6.31. The van der Waals surface area contributed by atoms with Gasteiger partial charge in [0, 0.05) is 13.1 Å². The molecule has 0 saturated carbocycles. The molecular formula is C40H49N11O5. The maximum atomic E-state index is 13.8. The highest BCUT2D eigenvalue weighted by Crippen LogP contribution is 2.35. The number of carbonyl (C=O) groups is 3. The van der Waals surface area contributed by atoms with Crippen LogP contribution in [0.25, 0.3) is 33.6 Å². The number of benzene rings is 2. The van der Waals surface area contributed by atoms with Gasteiger partial charge in [0.15, 0.2) is 0 Å². The molecule has 0 bridgehead atoms. The molecule has 294 valence electrons. The molecular weight excluding hydrogens is 715 g/mol. The van der Waals surface area contributed by atoms with E-state index in [0.717, 1.165) is 71.0 Å². The Hall–Kier alpha value is -6.19. The summed E-state index contributed by atoms with van der Waals surface area (Å²) in [5.41, 5.74) is 11.4. The van der Waals surface area contributed by atoms with E-state index < -0.39 is 18.2 Å². The van der Waals surface area contributed by atoms with E-state index in [9.17, 15) is 14.4 Å². The zero-order chi connectivity index (χ0) is 39.5. The van der Waals surface area contributed by atoms with E-state index in [1.165, 1.54) is 7.11 Å². The fourth-order valence-corrected chi connectivity index (χ4v) is 7.62. The zero-order valence-corrected chi connectivity index (χ0v) is 32.3. The van der Waals surface area contributed by atoms with Crippen LogP contribution in [0.3, 0.4) is 0 Å². The molecule has 2 aliphatic rings. The number of imidazole rings is 2. The standard InChI is InChI=1S/C40H49N11O5/c1-22(2)32(46-39-48-38(41)56-49-39)36(52)50-18-6-8-30(50)34-42-20-28(44-34)26-14-10-24(11-15-26)25-12-16-27(17-13-25)29-21-43-35(45-29)31-9-7-19-51(31)37(53)33(23(3)4)47-40(54)55-5/h10-17,20-23,30-33H,6-9,18-19H2,1-5H3,(H,42,44)(H,43,45)(H,47,54)(H3,41,46,48,49)/t30-,31-,32-,33-/m0/s1. The first-order valence-electron chi connectivity index (χ1n) is 19.1. The molecule has 4 atom stereocenters. The number of nitrogens with two attached hydrogens (primary N) is 1. The van der Waals surface area contributed by atoms with Gasteiger partial charge < -0.3 is 45.4 Å². The molecule has 0 radical (unpaired) electrons. The molecule has 2 fully saturated rings. The number of H-pyrrole nitrogens is 2. The number of rotatable bonds is 12. The first-order valence-corrected chi connectivity index (χ1v) is 19.1. The molecule has 2 aliphatic heterocycles. The van der Waals surface area contributed by atoms with Crippen molar-refractivity contribution in [3.63, 3.8) is 0 Å². The number of amides is 3. The summed E-state index contributed by atoms with van der Waals surface area (Å²) in [6.45, 7) is 8.97. The normalized spacial score (nSPS) is 18.1.